The zero-order valence-electron chi connectivity index (χ0n) is 16.9. The molecule has 0 fully saturated rings. The lowest BCUT2D eigenvalue weighted by molar-refractivity contribution is -0.179. The van der Waals surface area contributed by atoms with E-state index in [2.05, 4.69) is 19.9 Å². The highest BCUT2D eigenvalue weighted by molar-refractivity contribution is 6.43. The molecule has 13 heteroatoms. The van der Waals surface area contributed by atoms with Crippen LogP contribution in [0.15, 0.2) is 18.2 Å². The summed E-state index contributed by atoms with van der Waals surface area (Å²) >= 11 is 12.2. The second-order valence-electron chi connectivity index (χ2n) is 6.91. The van der Waals surface area contributed by atoms with E-state index >= 15 is 0 Å². The van der Waals surface area contributed by atoms with Gasteiger partial charge >= 0.3 is 6.18 Å². The molecule has 0 saturated carbocycles. The van der Waals surface area contributed by atoms with Crippen LogP contribution in [0.3, 0.4) is 0 Å². The van der Waals surface area contributed by atoms with E-state index in [1.807, 2.05) is 0 Å². The summed E-state index contributed by atoms with van der Waals surface area (Å²) in [7, 11) is 3.46. The van der Waals surface area contributed by atoms with Gasteiger partial charge in [-0.1, -0.05) is 35.3 Å². The average Bonchev–Trinajstić information content (AvgIpc) is 2.67. The molecule has 1 heterocycles. The van der Waals surface area contributed by atoms with Gasteiger partial charge in [-0.3, -0.25) is 0 Å². The van der Waals surface area contributed by atoms with Gasteiger partial charge in [0.25, 0.3) is 0 Å². The zero-order valence-corrected chi connectivity index (χ0v) is 18.4. The van der Waals surface area contributed by atoms with Crippen LogP contribution in [0.5, 0.6) is 0 Å². The van der Waals surface area contributed by atoms with Gasteiger partial charge in [0.15, 0.2) is 5.82 Å². The van der Waals surface area contributed by atoms with Gasteiger partial charge in [0.2, 0.25) is 5.95 Å². The van der Waals surface area contributed by atoms with E-state index in [4.69, 9.17) is 28.9 Å². The molecule has 1 aromatic heterocycles. The summed E-state index contributed by atoms with van der Waals surface area (Å²) in [4.78, 5) is 7.71. The first-order valence-corrected chi connectivity index (χ1v) is 9.90. The van der Waals surface area contributed by atoms with Crippen molar-refractivity contribution in [3.8, 4) is 11.3 Å². The molecule has 2 aromatic rings. The third-order valence-electron chi connectivity index (χ3n) is 4.17. The number of hydrogen-bond acceptors (Lipinski definition) is 8. The van der Waals surface area contributed by atoms with Crippen LogP contribution >= 0.6 is 23.2 Å². The van der Waals surface area contributed by atoms with Crippen molar-refractivity contribution in [2.24, 2.45) is 0 Å². The van der Waals surface area contributed by atoms with Crippen LogP contribution in [0.1, 0.15) is 0 Å². The predicted molar refractivity (Wildman–Crippen MR) is 113 cm³/mol. The van der Waals surface area contributed by atoms with Crippen LogP contribution in [0.2, 0.25) is 10.0 Å². The summed E-state index contributed by atoms with van der Waals surface area (Å²) in [6.07, 6.45) is -5.47. The molecule has 31 heavy (non-hydrogen) atoms. The van der Waals surface area contributed by atoms with Gasteiger partial charge < -0.3 is 25.4 Å². The molecule has 0 unspecified atom stereocenters. The molecule has 0 saturated heterocycles. The average molecular weight is 483 g/mol. The van der Waals surface area contributed by atoms with E-state index in [1.54, 1.807) is 42.1 Å². The van der Waals surface area contributed by atoms with Crippen molar-refractivity contribution in [3.63, 3.8) is 0 Å². The highest BCUT2D eigenvalue weighted by Gasteiger charge is 2.27. The molecule has 1 atom stereocenters. The van der Waals surface area contributed by atoms with Gasteiger partial charge in [0.1, 0.15) is 12.3 Å². The highest BCUT2D eigenvalue weighted by atomic mass is 35.5. The summed E-state index contributed by atoms with van der Waals surface area (Å²) in [6.45, 7) is -0.739. The number of nitrogens with zero attached hydrogens (tertiary/aromatic N) is 5. The Kier molecular flexibility index (Phi) is 9.07. The molecule has 2 rings (SSSR count). The van der Waals surface area contributed by atoms with E-state index in [-0.39, 0.29) is 18.3 Å². The molecule has 0 aliphatic carbocycles. The lowest BCUT2D eigenvalue weighted by atomic mass is 10.1. The van der Waals surface area contributed by atoms with Crippen LogP contribution in [-0.4, -0.2) is 84.4 Å². The summed E-state index contributed by atoms with van der Waals surface area (Å²) in [6, 6.07) is 5.06. The molecule has 0 radical (unpaired) electrons. The Hall–Kier alpha value is -1.92. The van der Waals surface area contributed by atoms with Gasteiger partial charge in [0, 0.05) is 32.2 Å². The van der Waals surface area contributed by atoms with Crippen LogP contribution in [-0.2, 0) is 4.74 Å². The Labute approximate surface area is 187 Å². The largest absolute Gasteiger partial charge is 0.411 e. The lowest BCUT2D eigenvalue weighted by Gasteiger charge is -2.24. The Bertz CT molecular complexity index is 875. The maximum absolute atomic E-state index is 12.1. The second kappa shape index (κ2) is 11.1. The first-order valence-electron chi connectivity index (χ1n) is 9.14. The van der Waals surface area contributed by atoms with Crippen molar-refractivity contribution in [3.05, 3.63) is 28.2 Å². The van der Waals surface area contributed by atoms with E-state index in [9.17, 15) is 18.3 Å². The van der Waals surface area contributed by atoms with E-state index in [0.29, 0.717) is 34.4 Å². The maximum Gasteiger partial charge on any atom is 0.411 e. The smallest absolute Gasteiger partial charge is 0.389 e. The highest BCUT2D eigenvalue weighted by Crippen LogP contribution is 2.34. The quantitative estimate of drug-likeness (QED) is 0.532. The van der Waals surface area contributed by atoms with Crippen molar-refractivity contribution in [2.75, 3.05) is 57.6 Å². The third-order valence-corrected chi connectivity index (χ3v) is 4.99. The van der Waals surface area contributed by atoms with Crippen molar-refractivity contribution in [1.29, 1.82) is 0 Å². The summed E-state index contributed by atoms with van der Waals surface area (Å²) in [5, 5.41) is 18.6. The van der Waals surface area contributed by atoms with Crippen molar-refractivity contribution >= 4 is 35.0 Å². The minimum absolute atomic E-state index is 0.131. The van der Waals surface area contributed by atoms with E-state index in [0.717, 1.165) is 0 Å². The number of aliphatic hydroxyl groups is 1. The molecule has 0 bridgehead atoms. The van der Waals surface area contributed by atoms with Crippen LogP contribution in [0.4, 0.5) is 24.9 Å². The molecule has 3 N–H and O–H groups in total. The lowest BCUT2D eigenvalue weighted by Crippen LogP contribution is -2.38. The SMILES string of the molecule is CN(CCN(C)c1nnc(-c2cccc(Cl)c2Cl)c(N)n1)C[C@H](O)COCC(F)(F)F. The summed E-state index contributed by atoms with van der Waals surface area (Å²) in [5.74, 6) is 0.411. The molecule has 0 spiro atoms. The first-order chi connectivity index (χ1) is 14.5. The molecule has 1 aromatic carbocycles. The molecular formula is C18H23Cl2F3N6O2. The maximum atomic E-state index is 12.1. The zero-order chi connectivity index (χ0) is 23.2. The number of ether oxygens (including phenoxy) is 1. The fraction of sp³-hybridized carbons (Fsp3) is 0.500. The molecule has 0 aliphatic rings. The second-order valence-corrected chi connectivity index (χ2v) is 7.70. The Morgan fingerprint density at radius 3 is 2.55 bits per heavy atom. The number of hydrogen-bond donors (Lipinski definition) is 2. The number of alkyl halides is 3. The summed E-state index contributed by atoms with van der Waals surface area (Å²) in [5.41, 5.74) is 6.85. The molecule has 172 valence electrons. The van der Waals surface area contributed by atoms with Crippen LogP contribution in [0.25, 0.3) is 11.3 Å². The Morgan fingerprint density at radius 1 is 1.19 bits per heavy atom. The van der Waals surface area contributed by atoms with Gasteiger partial charge in [0.05, 0.1) is 22.8 Å². The minimum atomic E-state index is -4.42. The standard InChI is InChI=1S/C18H23Cl2F3N6O2/c1-28(8-11(30)9-31-10-18(21,22)23)6-7-29(2)17-25-16(24)15(26-27-17)12-4-3-5-13(19)14(12)20/h3-5,11,30H,6-10H2,1-2H3,(H2,24,25,27)/t11-/m0/s1. The number of nitrogens with two attached hydrogens (primary N) is 1. The van der Waals surface area contributed by atoms with E-state index < -0.39 is 25.5 Å². The van der Waals surface area contributed by atoms with Crippen LogP contribution < -0.4 is 10.6 Å². The molecule has 8 nitrogen and oxygen atoms in total. The number of benzene rings is 1. The van der Waals surface area contributed by atoms with Crippen molar-refractivity contribution < 1.29 is 23.0 Å². The number of aliphatic hydroxyl groups excluding tert-OH is 1. The van der Waals surface area contributed by atoms with Gasteiger partial charge in [-0.15, -0.1) is 10.2 Å². The number of aromatic nitrogens is 3. The Balaban J connectivity index is 1.89. The van der Waals surface area contributed by atoms with E-state index in [1.165, 1.54) is 0 Å². The Morgan fingerprint density at radius 2 is 1.90 bits per heavy atom. The fourth-order valence-corrected chi connectivity index (χ4v) is 2.99. The fourth-order valence-electron chi connectivity index (χ4n) is 2.60. The topological polar surface area (TPSA) is 101 Å². The van der Waals surface area contributed by atoms with Gasteiger partial charge in [-0.05, 0) is 13.1 Å². The monoisotopic (exact) mass is 482 g/mol. The first kappa shape index (κ1) is 25.3. The normalized spacial score (nSPS) is 12.9. The van der Waals surface area contributed by atoms with Crippen molar-refractivity contribution in [2.45, 2.75) is 12.3 Å². The predicted octanol–water partition coefficient (Wildman–Crippen LogP) is 2.74. The van der Waals surface area contributed by atoms with Crippen LogP contribution in [0, 0.1) is 0 Å². The third kappa shape index (κ3) is 7.93. The number of anilines is 2. The van der Waals surface area contributed by atoms with Crippen molar-refractivity contribution in [1.82, 2.24) is 20.1 Å². The molecule has 0 aliphatic heterocycles. The van der Waals surface area contributed by atoms with Gasteiger partial charge in [-0.2, -0.15) is 18.2 Å². The number of rotatable bonds is 10. The molecular weight excluding hydrogens is 460 g/mol. The molecule has 0 amide bonds. The summed E-state index contributed by atoms with van der Waals surface area (Å²) < 4.78 is 40.7. The number of halogens is 5. The number of nitrogen functional groups attached to an aromatic ring is 1. The minimum Gasteiger partial charge on any atom is -0.389 e. The number of likely N-dealkylation sites (N-methyl/N-ethyl adjacent to an activating group) is 2. The van der Waals surface area contributed by atoms with Gasteiger partial charge in [-0.25, -0.2) is 0 Å².